The average Bonchev–Trinajstić information content (AvgIpc) is 2.64. The third kappa shape index (κ3) is 2.62. The fourth-order valence-electron chi connectivity index (χ4n) is 3.33. The van der Waals surface area contributed by atoms with Crippen LogP contribution in [0.4, 0.5) is 0 Å². The molecule has 24 heavy (non-hydrogen) atoms. The van der Waals surface area contributed by atoms with Crippen LogP contribution in [0.3, 0.4) is 0 Å². The molecule has 0 atom stereocenters. The van der Waals surface area contributed by atoms with Gasteiger partial charge in [-0.05, 0) is 54.2 Å². The molecule has 0 spiro atoms. The average molecular weight is 329 g/mol. The topological polar surface area (TPSA) is 9.23 Å². The maximum absolute atomic E-state index is 6.08. The van der Waals surface area contributed by atoms with Gasteiger partial charge in [0.2, 0.25) is 10.5 Å². The van der Waals surface area contributed by atoms with Gasteiger partial charge < -0.3 is 4.43 Å². The van der Waals surface area contributed by atoms with Crippen LogP contribution in [-0.2, 0) is 10.0 Å². The lowest BCUT2D eigenvalue weighted by Gasteiger charge is -2.36. The molecule has 0 fully saturated rings. The van der Waals surface area contributed by atoms with Crippen molar-refractivity contribution in [2.75, 3.05) is 0 Å². The molecule has 0 saturated heterocycles. The molecule has 0 amide bonds. The Hall–Kier alpha value is -2.16. The van der Waals surface area contributed by atoms with Gasteiger partial charge in [0.25, 0.3) is 0 Å². The SMILES string of the molecule is Cc1ccc(C(O[Si])(c2ccccc2)c2ccccc2)c(C)c1C. The first-order valence-corrected chi connectivity index (χ1v) is 8.55. The van der Waals surface area contributed by atoms with E-state index in [1.54, 1.807) is 0 Å². The summed E-state index contributed by atoms with van der Waals surface area (Å²) in [6.45, 7) is 6.49. The summed E-state index contributed by atoms with van der Waals surface area (Å²) >= 11 is 0. The minimum Gasteiger partial charge on any atom is -0.401 e. The standard InChI is InChI=1S/C22H21OSi/c1-16-14-15-21(18(3)17(16)2)22(23-24,19-10-6-4-7-11-19)20-12-8-5-9-13-20/h4-15H,1-3H3. The number of aryl methyl sites for hydroxylation is 1. The molecule has 0 saturated carbocycles. The molecule has 0 bridgehead atoms. The first-order chi connectivity index (χ1) is 11.6. The Labute approximate surface area is 147 Å². The summed E-state index contributed by atoms with van der Waals surface area (Å²) < 4.78 is 6.08. The van der Waals surface area contributed by atoms with E-state index in [4.69, 9.17) is 4.43 Å². The highest BCUT2D eigenvalue weighted by molar-refractivity contribution is 5.99. The molecule has 3 rings (SSSR count). The maximum Gasteiger partial charge on any atom is 0.248 e. The molecule has 2 heteroatoms. The van der Waals surface area contributed by atoms with Crippen LogP contribution < -0.4 is 0 Å². The fraction of sp³-hybridized carbons (Fsp3) is 0.182. The zero-order valence-corrected chi connectivity index (χ0v) is 15.3. The molecule has 1 nitrogen and oxygen atoms in total. The van der Waals surface area contributed by atoms with Crippen LogP contribution in [-0.4, -0.2) is 10.5 Å². The minimum atomic E-state index is -0.693. The quantitative estimate of drug-likeness (QED) is 0.483. The number of rotatable bonds is 4. The summed E-state index contributed by atoms with van der Waals surface area (Å²) in [5.41, 5.74) is 6.49. The van der Waals surface area contributed by atoms with Gasteiger partial charge in [0, 0.05) is 0 Å². The second-order valence-electron chi connectivity index (χ2n) is 6.20. The fourth-order valence-corrected chi connectivity index (χ4v) is 3.68. The smallest absolute Gasteiger partial charge is 0.248 e. The van der Waals surface area contributed by atoms with E-state index in [0.29, 0.717) is 0 Å². The van der Waals surface area contributed by atoms with Crippen molar-refractivity contribution in [3.8, 4) is 0 Å². The van der Waals surface area contributed by atoms with E-state index < -0.39 is 5.60 Å². The molecule has 0 aliphatic rings. The van der Waals surface area contributed by atoms with Crippen molar-refractivity contribution >= 4 is 10.5 Å². The normalized spacial score (nSPS) is 11.5. The van der Waals surface area contributed by atoms with Crippen LogP contribution >= 0.6 is 0 Å². The van der Waals surface area contributed by atoms with E-state index in [0.717, 1.165) is 16.7 Å². The van der Waals surface area contributed by atoms with E-state index in [2.05, 4.69) is 91.9 Å². The van der Waals surface area contributed by atoms with Crippen LogP contribution in [0.25, 0.3) is 0 Å². The second kappa shape index (κ2) is 6.76. The summed E-state index contributed by atoms with van der Waals surface area (Å²) in [7, 11) is 3.42. The Kier molecular flexibility index (Phi) is 4.70. The third-order valence-electron chi connectivity index (χ3n) is 4.95. The highest BCUT2D eigenvalue weighted by atomic mass is 28.2. The first kappa shape index (κ1) is 16.7. The summed E-state index contributed by atoms with van der Waals surface area (Å²) in [5, 5.41) is 0. The molecular formula is C22H21OSi. The molecule has 3 aromatic carbocycles. The van der Waals surface area contributed by atoms with Gasteiger partial charge in [0.15, 0.2) is 0 Å². The van der Waals surface area contributed by atoms with Gasteiger partial charge in [-0.2, -0.15) is 0 Å². The van der Waals surface area contributed by atoms with Crippen molar-refractivity contribution in [2.45, 2.75) is 26.4 Å². The van der Waals surface area contributed by atoms with Gasteiger partial charge in [-0.3, -0.25) is 0 Å². The molecule has 3 aromatic rings. The Balaban J connectivity index is 2.37. The van der Waals surface area contributed by atoms with Crippen LogP contribution in [0.15, 0.2) is 72.8 Å². The third-order valence-corrected chi connectivity index (χ3v) is 5.26. The van der Waals surface area contributed by atoms with Crippen LogP contribution in [0.5, 0.6) is 0 Å². The minimum absolute atomic E-state index is 0.693. The van der Waals surface area contributed by atoms with Crippen molar-refractivity contribution < 1.29 is 4.43 Å². The summed E-state index contributed by atoms with van der Waals surface area (Å²) in [6, 6.07) is 25.1. The predicted octanol–water partition coefficient (Wildman–Crippen LogP) is 5.00. The van der Waals surface area contributed by atoms with Crippen LogP contribution in [0.1, 0.15) is 33.4 Å². The largest absolute Gasteiger partial charge is 0.401 e. The second-order valence-corrected chi connectivity index (χ2v) is 6.40. The molecule has 0 heterocycles. The summed E-state index contributed by atoms with van der Waals surface area (Å²) in [6.07, 6.45) is 0. The number of hydrogen-bond acceptors (Lipinski definition) is 1. The Morgan fingerprint density at radius 1 is 0.667 bits per heavy atom. The summed E-state index contributed by atoms with van der Waals surface area (Å²) in [4.78, 5) is 0. The summed E-state index contributed by atoms with van der Waals surface area (Å²) in [5.74, 6) is 0. The maximum atomic E-state index is 6.08. The van der Waals surface area contributed by atoms with Crippen LogP contribution in [0.2, 0.25) is 0 Å². The Bertz CT molecular complexity index is 786. The zero-order valence-electron chi connectivity index (χ0n) is 14.3. The van der Waals surface area contributed by atoms with Gasteiger partial charge in [0.05, 0.1) is 0 Å². The van der Waals surface area contributed by atoms with Gasteiger partial charge in [-0.25, -0.2) is 0 Å². The molecule has 0 unspecified atom stereocenters. The van der Waals surface area contributed by atoms with E-state index in [9.17, 15) is 0 Å². The highest BCUT2D eigenvalue weighted by Gasteiger charge is 2.37. The predicted molar refractivity (Wildman–Crippen MR) is 100 cm³/mol. The van der Waals surface area contributed by atoms with E-state index >= 15 is 0 Å². The van der Waals surface area contributed by atoms with Crippen molar-refractivity contribution in [3.05, 3.63) is 106 Å². The molecule has 0 N–H and O–H groups in total. The lowest BCUT2D eigenvalue weighted by atomic mass is 9.77. The molecular weight excluding hydrogens is 308 g/mol. The number of benzene rings is 3. The van der Waals surface area contributed by atoms with E-state index in [1.165, 1.54) is 16.7 Å². The van der Waals surface area contributed by atoms with Crippen molar-refractivity contribution in [1.82, 2.24) is 0 Å². The van der Waals surface area contributed by atoms with Gasteiger partial charge in [0.1, 0.15) is 5.60 Å². The van der Waals surface area contributed by atoms with Crippen molar-refractivity contribution in [2.24, 2.45) is 0 Å². The van der Waals surface area contributed by atoms with E-state index in [1.807, 2.05) is 12.1 Å². The molecule has 0 aromatic heterocycles. The van der Waals surface area contributed by atoms with Crippen molar-refractivity contribution in [1.29, 1.82) is 0 Å². The monoisotopic (exact) mass is 329 g/mol. The molecule has 0 aliphatic carbocycles. The van der Waals surface area contributed by atoms with Crippen molar-refractivity contribution in [3.63, 3.8) is 0 Å². The lowest BCUT2D eigenvalue weighted by Crippen LogP contribution is -2.33. The van der Waals surface area contributed by atoms with Gasteiger partial charge in [-0.1, -0.05) is 72.8 Å². The van der Waals surface area contributed by atoms with Gasteiger partial charge >= 0.3 is 0 Å². The van der Waals surface area contributed by atoms with Crippen LogP contribution in [0, 0.1) is 20.8 Å². The van der Waals surface area contributed by atoms with Gasteiger partial charge in [-0.15, -0.1) is 0 Å². The first-order valence-electron chi connectivity index (χ1n) is 8.14. The van der Waals surface area contributed by atoms with E-state index in [-0.39, 0.29) is 0 Å². The molecule has 3 radical (unpaired) electrons. The Morgan fingerprint density at radius 3 is 1.62 bits per heavy atom. The lowest BCUT2D eigenvalue weighted by molar-refractivity contribution is 0.172. The number of hydrogen-bond donors (Lipinski definition) is 0. The zero-order chi connectivity index (χ0) is 17.2. The molecule has 119 valence electrons. The Morgan fingerprint density at radius 2 is 1.17 bits per heavy atom. The molecule has 0 aliphatic heterocycles. The highest BCUT2D eigenvalue weighted by Crippen LogP contribution is 2.42.